The Hall–Kier alpha value is -0.900. The summed E-state index contributed by atoms with van der Waals surface area (Å²) in [5.41, 5.74) is 2.66. The predicted molar refractivity (Wildman–Crippen MR) is 77.4 cm³/mol. The van der Waals surface area contributed by atoms with Crippen molar-refractivity contribution in [1.82, 2.24) is 5.32 Å². The molecule has 1 aromatic carbocycles. The molecule has 3 heteroatoms. The first kappa shape index (κ1) is 14.5. The highest BCUT2D eigenvalue weighted by atomic mass is 16.5. The average molecular weight is 263 g/mol. The Bertz CT molecular complexity index is 358. The lowest BCUT2D eigenvalue weighted by atomic mass is 9.97. The van der Waals surface area contributed by atoms with E-state index in [0.29, 0.717) is 12.1 Å². The molecule has 1 N–H and O–H groups in total. The number of nitrogens with one attached hydrogen (secondary N) is 1. The molecular formula is C16H25NO2. The van der Waals surface area contributed by atoms with Gasteiger partial charge in [-0.15, -0.1) is 0 Å². The number of hydrogen-bond acceptors (Lipinski definition) is 3. The van der Waals surface area contributed by atoms with Gasteiger partial charge in [-0.1, -0.05) is 31.2 Å². The molecule has 0 radical (unpaired) electrons. The number of methoxy groups -OCH3 is 1. The van der Waals surface area contributed by atoms with Crippen LogP contribution < -0.4 is 5.32 Å². The van der Waals surface area contributed by atoms with Crippen LogP contribution in [0, 0.1) is 0 Å². The van der Waals surface area contributed by atoms with Crippen LogP contribution in [0.3, 0.4) is 0 Å². The molecule has 1 fully saturated rings. The van der Waals surface area contributed by atoms with Gasteiger partial charge in [-0.05, 0) is 36.9 Å². The van der Waals surface area contributed by atoms with Crippen LogP contribution in [0.4, 0.5) is 0 Å². The van der Waals surface area contributed by atoms with Crippen molar-refractivity contribution >= 4 is 0 Å². The summed E-state index contributed by atoms with van der Waals surface area (Å²) in [7, 11) is 1.74. The van der Waals surface area contributed by atoms with Gasteiger partial charge < -0.3 is 14.8 Å². The van der Waals surface area contributed by atoms with E-state index in [2.05, 4.69) is 36.5 Å². The summed E-state index contributed by atoms with van der Waals surface area (Å²) in [5, 5.41) is 3.55. The minimum absolute atomic E-state index is 0.323. The SMILES string of the molecule is CCNC(c1ccc(CCOC)cc1)C1CCCO1. The van der Waals surface area contributed by atoms with Gasteiger partial charge in [-0.25, -0.2) is 0 Å². The molecule has 2 rings (SSSR count). The number of hydrogen-bond donors (Lipinski definition) is 1. The van der Waals surface area contributed by atoms with E-state index in [1.165, 1.54) is 17.5 Å². The highest BCUT2D eigenvalue weighted by Crippen LogP contribution is 2.27. The fourth-order valence-electron chi connectivity index (χ4n) is 2.66. The molecule has 0 saturated carbocycles. The van der Waals surface area contributed by atoms with Gasteiger partial charge in [-0.3, -0.25) is 0 Å². The highest BCUT2D eigenvalue weighted by molar-refractivity contribution is 5.26. The molecule has 3 nitrogen and oxygen atoms in total. The van der Waals surface area contributed by atoms with Crippen LogP contribution in [-0.4, -0.2) is 33.0 Å². The van der Waals surface area contributed by atoms with Crippen molar-refractivity contribution in [2.24, 2.45) is 0 Å². The van der Waals surface area contributed by atoms with Crippen molar-refractivity contribution in [3.63, 3.8) is 0 Å². The number of benzene rings is 1. The Morgan fingerprint density at radius 3 is 2.74 bits per heavy atom. The van der Waals surface area contributed by atoms with E-state index in [1.54, 1.807) is 7.11 Å². The molecule has 1 aliphatic heterocycles. The third-order valence-electron chi connectivity index (χ3n) is 3.69. The Morgan fingerprint density at radius 2 is 2.16 bits per heavy atom. The third-order valence-corrected chi connectivity index (χ3v) is 3.69. The Kier molecular flexibility index (Phi) is 5.83. The van der Waals surface area contributed by atoms with Crippen LogP contribution in [0.1, 0.15) is 36.9 Å². The van der Waals surface area contributed by atoms with Crippen LogP contribution in [0.2, 0.25) is 0 Å². The monoisotopic (exact) mass is 263 g/mol. The molecule has 0 bridgehead atoms. The smallest absolute Gasteiger partial charge is 0.0770 e. The molecule has 1 aromatic rings. The maximum absolute atomic E-state index is 5.83. The van der Waals surface area contributed by atoms with Crippen molar-refractivity contribution in [3.05, 3.63) is 35.4 Å². The quantitative estimate of drug-likeness (QED) is 0.820. The maximum Gasteiger partial charge on any atom is 0.0770 e. The summed E-state index contributed by atoms with van der Waals surface area (Å²) in [6, 6.07) is 9.17. The second-order valence-corrected chi connectivity index (χ2v) is 5.07. The first-order valence-corrected chi connectivity index (χ1v) is 7.28. The lowest BCUT2D eigenvalue weighted by molar-refractivity contribution is 0.0788. The Labute approximate surface area is 116 Å². The summed E-state index contributed by atoms with van der Waals surface area (Å²) >= 11 is 0. The van der Waals surface area contributed by atoms with Crippen LogP contribution in [0.5, 0.6) is 0 Å². The molecule has 1 saturated heterocycles. The molecule has 19 heavy (non-hydrogen) atoms. The lowest BCUT2D eigenvalue weighted by Crippen LogP contribution is -2.31. The largest absolute Gasteiger partial charge is 0.384 e. The van der Waals surface area contributed by atoms with Crippen LogP contribution in [0.25, 0.3) is 0 Å². The van der Waals surface area contributed by atoms with Gasteiger partial charge in [0, 0.05) is 13.7 Å². The highest BCUT2D eigenvalue weighted by Gasteiger charge is 2.26. The van der Waals surface area contributed by atoms with Gasteiger partial charge in [-0.2, -0.15) is 0 Å². The molecule has 2 atom stereocenters. The van der Waals surface area contributed by atoms with Gasteiger partial charge >= 0.3 is 0 Å². The van der Waals surface area contributed by atoms with Crippen molar-refractivity contribution in [3.8, 4) is 0 Å². The zero-order valence-electron chi connectivity index (χ0n) is 12.0. The summed E-state index contributed by atoms with van der Waals surface area (Å²) in [6.45, 7) is 4.80. The molecule has 0 amide bonds. The predicted octanol–water partition coefficient (Wildman–Crippen LogP) is 2.71. The molecule has 106 valence electrons. The summed E-state index contributed by atoms with van der Waals surface area (Å²) in [6.07, 6.45) is 3.63. The van der Waals surface area contributed by atoms with Gasteiger partial charge in [0.25, 0.3) is 0 Å². The molecule has 2 unspecified atom stereocenters. The van der Waals surface area contributed by atoms with Crippen molar-refractivity contribution in [2.45, 2.75) is 38.3 Å². The number of ether oxygens (including phenoxy) is 2. The summed E-state index contributed by atoms with van der Waals surface area (Å²) in [4.78, 5) is 0. The Morgan fingerprint density at radius 1 is 1.37 bits per heavy atom. The van der Waals surface area contributed by atoms with Crippen LogP contribution in [0.15, 0.2) is 24.3 Å². The molecule has 1 aliphatic rings. The van der Waals surface area contributed by atoms with E-state index in [0.717, 1.165) is 32.6 Å². The van der Waals surface area contributed by atoms with E-state index in [4.69, 9.17) is 9.47 Å². The van der Waals surface area contributed by atoms with Gasteiger partial charge in [0.1, 0.15) is 0 Å². The first-order chi connectivity index (χ1) is 9.35. The molecular weight excluding hydrogens is 238 g/mol. The average Bonchev–Trinajstić information content (AvgIpc) is 2.97. The van der Waals surface area contributed by atoms with Crippen molar-refractivity contribution in [1.29, 1.82) is 0 Å². The fourth-order valence-corrected chi connectivity index (χ4v) is 2.66. The lowest BCUT2D eigenvalue weighted by Gasteiger charge is -2.24. The van der Waals surface area contributed by atoms with E-state index >= 15 is 0 Å². The molecule has 0 aliphatic carbocycles. The van der Waals surface area contributed by atoms with Crippen molar-refractivity contribution in [2.75, 3.05) is 26.9 Å². The number of rotatable bonds is 7. The Balaban J connectivity index is 2.03. The van der Waals surface area contributed by atoms with Gasteiger partial charge in [0.15, 0.2) is 0 Å². The van der Waals surface area contributed by atoms with E-state index in [9.17, 15) is 0 Å². The van der Waals surface area contributed by atoms with E-state index < -0.39 is 0 Å². The van der Waals surface area contributed by atoms with Crippen molar-refractivity contribution < 1.29 is 9.47 Å². The second-order valence-electron chi connectivity index (χ2n) is 5.07. The third kappa shape index (κ3) is 4.03. The zero-order valence-corrected chi connectivity index (χ0v) is 12.0. The van der Waals surface area contributed by atoms with Crippen LogP contribution in [-0.2, 0) is 15.9 Å². The summed E-state index contributed by atoms with van der Waals surface area (Å²) in [5.74, 6) is 0. The fraction of sp³-hybridized carbons (Fsp3) is 0.625. The van der Waals surface area contributed by atoms with E-state index in [1.807, 2.05) is 0 Å². The maximum atomic E-state index is 5.83. The zero-order chi connectivity index (χ0) is 13.5. The summed E-state index contributed by atoms with van der Waals surface area (Å²) < 4.78 is 10.9. The number of likely N-dealkylation sites (N-methyl/N-ethyl adjacent to an activating group) is 1. The van der Waals surface area contributed by atoms with Gasteiger partial charge in [0.2, 0.25) is 0 Å². The molecule has 0 spiro atoms. The molecule has 0 aromatic heterocycles. The minimum atomic E-state index is 0.323. The second kappa shape index (κ2) is 7.63. The normalized spacial score (nSPS) is 20.6. The standard InChI is InChI=1S/C16H25NO2/c1-3-17-16(15-5-4-11-19-15)14-8-6-13(7-9-14)10-12-18-2/h6-9,15-17H,3-5,10-12H2,1-2H3. The van der Waals surface area contributed by atoms with Gasteiger partial charge in [0.05, 0.1) is 18.8 Å². The van der Waals surface area contributed by atoms with E-state index in [-0.39, 0.29) is 0 Å². The minimum Gasteiger partial charge on any atom is -0.384 e. The van der Waals surface area contributed by atoms with Crippen LogP contribution >= 0.6 is 0 Å². The first-order valence-electron chi connectivity index (χ1n) is 7.28. The topological polar surface area (TPSA) is 30.5 Å². The molecule has 1 heterocycles.